The number of carbonyl (C=O) groups is 1. The van der Waals surface area contributed by atoms with Crippen LogP contribution in [0.3, 0.4) is 0 Å². The third-order valence-corrected chi connectivity index (χ3v) is 3.80. The molecule has 0 N–H and O–H groups in total. The number of oxime groups is 1. The standard InChI is InChI=1S/C23H21NO4/c1-18(25)28-22-14-12-21(13-15-22)23(26-16-19-8-4-2-5-9-19)24-27-17-20-10-6-3-7-11-20/h2-15H,16-17H2,1H3/b24-23+. The molecule has 0 saturated carbocycles. The van der Waals surface area contributed by atoms with Crippen LogP contribution in [-0.2, 0) is 27.6 Å². The topological polar surface area (TPSA) is 57.1 Å². The summed E-state index contributed by atoms with van der Waals surface area (Å²) in [5.41, 5.74) is 2.76. The summed E-state index contributed by atoms with van der Waals surface area (Å²) in [4.78, 5) is 16.6. The van der Waals surface area contributed by atoms with Gasteiger partial charge in [0.05, 0.1) is 0 Å². The molecule has 0 bridgehead atoms. The van der Waals surface area contributed by atoms with Crippen LogP contribution in [0.2, 0.25) is 0 Å². The molecule has 5 heteroatoms. The fourth-order valence-electron chi connectivity index (χ4n) is 2.46. The maximum absolute atomic E-state index is 11.1. The summed E-state index contributed by atoms with van der Waals surface area (Å²) in [6, 6.07) is 26.5. The van der Waals surface area contributed by atoms with Gasteiger partial charge >= 0.3 is 5.97 Å². The highest BCUT2D eigenvalue weighted by molar-refractivity contribution is 5.93. The first-order valence-electron chi connectivity index (χ1n) is 8.90. The van der Waals surface area contributed by atoms with E-state index in [0.29, 0.717) is 24.9 Å². The van der Waals surface area contributed by atoms with E-state index in [1.54, 1.807) is 24.3 Å². The van der Waals surface area contributed by atoms with Crippen LogP contribution < -0.4 is 4.74 Å². The summed E-state index contributed by atoms with van der Waals surface area (Å²) in [6.07, 6.45) is 0. The molecule has 142 valence electrons. The molecule has 0 heterocycles. The first-order chi connectivity index (χ1) is 13.7. The highest BCUT2D eigenvalue weighted by atomic mass is 16.6. The van der Waals surface area contributed by atoms with Crippen LogP contribution in [-0.4, -0.2) is 11.9 Å². The number of benzene rings is 3. The molecule has 0 unspecified atom stereocenters. The predicted octanol–water partition coefficient (Wildman–Crippen LogP) is 4.71. The maximum atomic E-state index is 11.1. The minimum absolute atomic E-state index is 0.338. The third kappa shape index (κ3) is 5.99. The summed E-state index contributed by atoms with van der Waals surface area (Å²) >= 11 is 0. The van der Waals surface area contributed by atoms with Crippen molar-refractivity contribution in [3.8, 4) is 5.75 Å². The van der Waals surface area contributed by atoms with Gasteiger partial charge in [0, 0.05) is 12.5 Å². The summed E-state index contributed by atoms with van der Waals surface area (Å²) in [6.45, 7) is 2.06. The number of nitrogens with zero attached hydrogens (tertiary/aromatic N) is 1. The van der Waals surface area contributed by atoms with Crippen molar-refractivity contribution in [1.82, 2.24) is 0 Å². The molecule has 0 spiro atoms. The van der Waals surface area contributed by atoms with E-state index in [-0.39, 0.29) is 5.97 Å². The Kier molecular flexibility index (Phi) is 6.79. The Labute approximate surface area is 164 Å². The summed E-state index contributed by atoms with van der Waals surface area (Å²) in [7, 11) is 0. The van der Waals surface area contributed by atoms with Crippen molar-refractivity contribution in [3.63, 3.8) is 0 Å². The second-order valence-corrected chi connectivity index (χ2v) is 6.05. The van der Waals surface area contributed by atoms with Crippen molar-refractivity contribution in [2.45, 2.75) is 20.1 Å². The van der Waals surface area contributed by atoms with Crippen molar-refractivity contribution in [2.75, 3.05) is 0 Å². The number of hydrogen-bond acceptors (Lipinski definition) is 5. The van der Waals surface area contributed by atoms with E-state index >= 15 is 0 Å². The van der Waals surface area contributed by atoms with E-state index in [2.05, 4.69) is 5.16 Å². The van der Waals surface area contributed by atoms with Crippen LogP contribution in [0, 0.1) is 0 Å². The Morgan fingerprint density at radius 2 is 1.36 bits per heavy atom. The summed E-state index contributed by atoms with van der Waals surface area (Å²) < 4.78 is 11.0. The SMILES string of the molecule is CC(=O)Oc1ccc(/C(=N\OCc2ccccc2)OCc2ccccc2)cc1. The van der Waals surface area contributed by atoms with Gasteiger partial charge in [0.2, 0.25) is 0 Å². The normalized spacial score (nSPS) is 11.0. The van der Waals surface area contributed by atoms with Gasteiger partial charge in [-0.3, -0.25) is 4.79 Å². The fourth-order valence-corrected chi connectivity index (χ4v) is 2.46. The fraction of sp³-hybridized carbons (Fsp3) is 0.130. The van der Waals surface area contributed by atoms with Gasteiger partial charge in [-0.2, -0.15) is 0 Å². The molecule has 0 radical (unpaired) electrons. The zero-order valence-electron chi connectivity index (χ0n) is 15.6. The molecule has 5 nitrogen and oxygen atoms in total. The van der Waals surface area contributed by atoms with Crippen molar-refractivity contribution in [3.05, 3.63) is 102 Å². The van der Waals surface area contributed by atoms with Gasteiger partial charge in [-0.15, -0.1) is 0 Å². The number of ether oxygens (including phenoxy) is 2. The quantitative estimate of drug-likeness (QED) is 0.197. The van der Waals surface area contributed by atoms with Crippen molar-refractivity contribution in [2.24, 2.45) is 5.16 Å². The molecule has 0 amide bonds. The smallest absolute Gasteiger partial charge is 0.308 e. The Balaban J connectivity index is 1.72. The van der Waals surface area contributed by atoms with Gasteiger partial charge < -0.3 is 14.3 Å². The van der Waals surface area contributed by atoms with Crippen LogP contribution in [0.5, 0.6) is 5.75 Å². The van der Waals surface area contributed by atoms with Crippen molar-refractivity contribution >= 4 is 11.9 Å². The lowest BCUT2D eigenvalue weighted by molar-refractivity contribution is -0.131. The van der Waals surface area contributed by atoms with E-state index in [9.17, 15) is 4.79 Å². The Hall–Kier alpha value is -3.60. The first kappa shape index (κ1) is 19.2. The van der Waals surface area contributed by atoms with E-state index in [4.69, 9.17) is 14.3 Å². The lowest BCUT2D eigenvalue weighted by atomic mass is 10.2. The predicted molar refractivity (Wildman–Crippen MR) is 107 cm³/mol. The highest BCUT2D eigenvalue weighted by Crippen LogP contribution is 2.15. The Morgan fingerprint density at radius 1 is 0.786 bits per heavy atom. The van der Waals surface area contributed by atoms with Gasteiger partial charge in [0.15, 0.2) is 0 Å². The monoisotopic (exact) mass is 375 g/mol. The maximum Gasteiger partial charge on any atom is 0.308 e. The molecule has 0 fully saturated rings. The van der Waals surface area contributed by atoms with Gasteiger partial charge in [0.25, 0.3) is 5.90 Å². The molecular weight excluding hydrogens is 354 g/mol. The highest BCUT2D eigenvalue weighted by Gasteiger charge is 2.08. The lowest BCUT2D eigenvalue weighted by Crippen LogP contribution is -2.08. The molecule has 3 rings (SSSR count). The van der Waals surface area contributed by atoms with E-state index in [1.807, 2.05) is 60.7 Å². The van der Waals surface area contributed by atoms with Gasteiger partial charge in [-0.25, -0.2) is 0 Å². The van der Waals surface area contributed by atoms with Crippen LogP contribution in [0.15, 0.2) is 90.1 Å². The number of carbonyl (C=O) groups excluding carboxylic acids is 1. The zero-order valence-corrected chi connectivity index (χ0v) is 15.6. The van der Waals surface area contributed by atoms with Crippen LogP contribution >= 0.6 is 0 Å². The van der Waals surface area contributed by atoms with E-state index < -0.39 is 0 Å². The summed E-state index contributed by atoms with van der Waals surface area (Å²) in [5.74, 6) is 0.450. The van der Waals surface area contributed by atoms with Gasteiger partial charge in [0.1, 0.15) is 19.0 Å². The molecule has 0 aliphatic heterocycles. The number of hydrogen-bond donors (Lipinski definition) is 0. The lowest BCUT2D eigenvalue weighted by Gasteiger charge is -2.10. The average molecular weight is 375 g/mol. The molecule has 28 heavy (non-hydrogen) atoms. The Bertz CT molecular complexity index is 906. The van der Waals surface area contributed by atoms with Crippen molar-refractivity contribution < 1.29 is 19.1 Å². The minimum Gasteiger partial charge on any atom is -0.470 e. The number of rotatable bonds is 7. The van der Waals surface area contributed by atoms with Crippen LogP contribution in [0.4, 0.5) is 0 Å². The van der Waals surface area contributed by atoms with Gasteiger partial charge in [-0.05, 0) is 40.5 Å². The molecular formula is C23H21NO4. The second-order valence-electron chi connectivity index (χ2n) is 6.05. The second kappa shape index (κ2) is 9.92. The molecule has 0 aliphatic carbocycles. The van der Waals surface area contributed by atoms with Crippen LogP contribution in [0.1, 0.15) is 23.6 Å². The number of esters is 1. The van der Waals surface area contributed by atoms with E-state index in [0.717, 1.165) is 16.7 Å². The first-order valence-corrected chi connectivity index (χ1v) is 8.90. The molecule has 3 aromatic rings. The summed E-state index contributed by atoms with van der Waals surface area (Å²) in [5, 5.41) is 4.18. The Morgan fingerprint density at radius 3 is 1.93 bits per heavy atom. The third-order valence-electron chi connectivity index (χ3n) is 3.80. The molecule has 3 aromatic carbocycles. The zero-order chi connectivity index (χ0) is 19.6. The molecule has 0 atom stereocenters. The van der Waals surface area contributed by atoms with E-state index in [1.165, 1.54) is 6.92 Å². The van der Waals surface area contributed by atoms with Gasteiger partial charge in [-0.1, -0.05) is 60.7 Å². The molecule has 0 aliphatic rings. The van der Waals surface area contributed by atoms with Crippen molar-refractivity contribution in [1.29, 1.82) is 0 Å². The molecule has 0 saturated heterocycles. The molecule has 0 aromatic heterocycles. The van der Waals surface area contributed by atoms with Crippen LogP contribution in [0.25, 0.3) is 0 Å². The average Bonchev–Trinajstić information content (AvgIpc) is 2.72. The minimum atomic E-state index is -0.367. The largest absolute Gasteiger partial charge is 0.470 e.